The molecule has 0 radical (unpaired) electrons. The van der Waals surface area contributed by atoms with E-state index in [0.717, 1.165) is 4.90 Å². The number of rotatable bonds is 5. The van der Waals surface area contributed by atoms with Crippen molar-refractivity contribution in [1.29, 1.82) is 0 Å². The molecule has 0 bridgehead atoms. The highest BCUT2D eigenvalue weighted by atomic mass is 32.2. The van der Waals surface area contributed by atoms with E-state index in [0.29, 0.717) is 18.3 Å². The Morgan fingerprint density at radius 2 is 1.65 bits per heavy atom. The van der Waals surface area contributed by atoms with Crippen LogP contribution in [0.5, 0.6) is 5.75 Å². The molecule has 0 unspecified atom stereocenters. The Morgan fingerprint density at radius 1 is 0.941 bits per heavy atom. The number of hydrogen-bond donors (Lipinski definition) is 1. The highest BCUT2D eigenvalue weighted by molar-refractivity contribution is 7.99. The molecule has 2 aromatic carbocycles. The zero-order valence-corrected chi connectivity index (χ0v) is 10.2. The molecule has 0 heterocycles. The lowest BCUT2D eigenvalue weighted by Gasteiger charge is -2.04. The Bertz CT molecular complexity index is 440. The third kappa shape index (κ3) is 4.13. The van der Waals surface area contributed by atoms with Gasteiger partial charge in [0.25, 0.3) is 0 Å². The van der Waals surface area contributed by atoms with Gasteiger partial charge in [-0.2, -0.15) is 0 Å². The minimum Gasteiger partial charge on any atom is -0.508 e. The quantitative estimate of drug-likeness (QED) is 0.496. The zero-order chi connectivity index (χ0) is 11.9. The summed E-state index contributed by atoms with van der Waals surface area (Å²) in [4.78, 5) is 1.09. The van der Waals surface area contributed by atoms with Gasteiger partial charge < -0.3 is 9.84 Å². The van der Waals surface area contributed by atoms with Gasteiger partial charge in [0, 0.05) is 4.90 Å². The zero-order valence-electron chi connectivity index (χ0n) is 9.37. The lowest BCUT2D eigenvalue weighted by molar-refractivity contribution is 0.169. The van der Waals surface area contributed by atoms with E-state index in [1.807, 2.05) is 42.5 Å². The van der Waals surface area contributed by atoms with Crippen molar-refractivity contribution in [2.24, 2.45) is 0 Å². The average Bonchev–Trinajstić information content (AvgIpc) is 2.38. The lowest BCUT2D eigenvalue weighted by Crippen LogP contribution is -1.91. The van der Waals surface area contributed by atoms with Gasteiger partial charge in [0.1, 0.15) is 5.75 Å². The van der Waals surface area contributed by atoms with Crippen LogP contribution in [0.15, 0.2) is 59.5 Å². The van der Waals surface area contributed by atoms with Crippen LogP contribution in [-0.4, -0.2) is 11.0 Å². The van der Waals surface area contributed by atoms with Crippen molar-refractivity contribution in [3.8, 4) is 5.75 Å². The van der Waals surface area contributed by atoms with Crippen molar-refractivity contribution in [3.63, 3.8) is 0 Å². The minimum absolute atomic E-state index is 0.291. The summed E-state index contributed by atoms with van der Waals surface area (Å²) in [6.07, 6.45) is 0. The van der Waals surface area contributed by atoms with Gasteiger partial charge in [-0.3, -0.25) is 0 Å². The van der Waals surface area contributed by atoms with Gasteiger partial charge in [-0.15, -0.1) is 0 Å². The van der Waals surface area contributed by atoms with E-state index in [2.05, 4.69) is 0 Å². The van der Waals surface area contributed by atoms with E-state index in [9.17, 15) is 0 Å². The van der Waals surface area contributed by atoms with Crippen molar-refractivity contribution < 1.29 is 9.84 Å². The third-order valence-electron chi connectivity index (χ3n) is 2.26. The third-order valence-corrected chi connectivity index (χ3v) is 3.15. The standard InChI is InChI=1S/C14H14O2S/c15-13-6-8-14(9-7-13)17-11-16-10-12-4-2-1-3-5-12/h1-9,15H,10-11H2. The predicted octanol–water partition coefficient (Wildman–Crippen LogP) is 3.66. The molecule has 0 aliphatic rings. The van der Waals surface area contributed by atoms with E-state index < -0.39 is 0 Å². The van der Waals surface area contributed by atoms with Crippen molar-refractivity contribution in [2.45, 2.75) is 11.5 Å². The number of phenolic OH excluding ortho intramolecular Hbond substituents is 1. The Labute approximate surface area is 105 Å². The number of ether oxygens (including phenoxy) is 1. The molecule has 0 aromatic heterocycles. The Balaban J connectivity index is 1.71. The van der Waals surface area contributed by atoms with Gasteiger partial charge in [-0.1, -0.05) is 42.1 Å². The topological polar surface area (TPSA) is 29.5 Å². The molecule has 1 N–H and O–H groups in total. The van der Waals surface area contributed by atoms with Gasteiger partial charge in [-0.05, 0) is 29.8 Å². The number of aromatic hydroxyl groups is 1. The summed E-state index contributed by atoms with van der Waals surface area (Å²) in [6, 6.07) is 17.2. The summed E-state index contributed by atoms with van der Waals surface area (Å²) in [6.45, 7) is 0.631. The molecule has 0 saturated carbocycles. The molecule has 0 aliphatic heterocycles. The smallest absolute Gasteiger partial charge is 0.115 e. The SMILES string of the molecule is Oc1ccc(SCOCc2ccccc2)cc1. The normalized spacial score (nSPS) is 10.4. The molecule has 0 saturated heterocycles. The molecule has 0 aliphatic carbocycles. The van der Waals surface area contributed by atoms with Crippen LogP contribution in [-0.2, 0) is 11.3 Å². The maximum atomic E-state index is 9.14. The number of hydrogen-bond acceptors (Lipinski definition) is 3. The van der Waals surface area contributed by atoms with Gasteiger partial charge in [0.05, 0.1) is 12.5 Å². The molecule has 2 nitrogen and oxygen atoms in total. The van der Waals surface area contributed by atoms with Crippen LogP contribution in [0.2, 0.25) is 0 Å². The summed E-state index contributed by atoms with van der Waals surface area (Å²) in [5.41, 5.74) is 1.18. The molecular weight excluding hydrogens is 232 g/mol. The first-order chi connectivity index (χ1) is 8.34. The van der Waals surface area contributed by atoms with E-state index in [1.54, 1.807) is 23.9 Å². The monoisotopic (exact) mass is 246 g/mol. The summed E-state index contributed by atoms with van der Waals surface area (Å²) >= 11 is 1.62. The number of benzene rings is 2. The molecule has 3 heteroatoms. The fraction of sp³-hybridized carbons (Fsp3) is 0.143. The van der Waals surface area contributed by atoms with Crippen LogP contribution < -0.4 is 0 Å². The Kier molecular flexibility index (Phi) is 4.47. The van der Waals surface area contributed by atoms with Gasteiger partial charge in [0.15, 0.2) is 0 Å². The molecular formula is C14H14O2S. The van der Waals surface area contributed by atoms with Crippen LogP contribution in [0.25, 0.3) is 0 Å². The summed E-state index contributed by atoms with van der Waals surface area (Å²) in [5, 5.41) is 9.14. The minimum atomic E-state index is 0.291. The lowest BCUT2D eigenvalue weighted by atomic mass is 10.2. The summed E-state index contributed by atoms with van der Waals surface area (Å²) in [7, 11) is 0. The first-order valence-corrected chi connectivity index (χ1v) is 6.36. The van der Waals surface area contributed by atoms with Crippen molar-refractivity contribution >= 4 is 11.8 Å². The van der Waals surface area contributed by atoms with Crippen LogP contribution in [0, 0.1) is 0 Å². The second-order valence-electron chi connectivity index (χ2n) is 3.59. The second kappa shape index (κ2) is 6.33. The maximum Gasteiger partial charge on any atom is 0.115 e. The second-order valence-corrected chi connectivity index (χ2v) is 4.59. The van der Waals surface area contributed by atoms with Crippen LogP contribution >= 0.6 is 11.8 Å². The fourth-order valence-electron chi connectivity index (χ4n) is 1.39. The Hall–Kier alpha value is -1.45. The van der Waals surface area contributed by atoms with Crippen molar-refractivity contribution in [1.82, 2.24) is 0 Å². The van der Waals surface area contributed by atoms with Gasteiger partial charge in [0.2, 0.25) is 0 Å². The van der Waals surface area contributed by atoms with Crippen LogP contribution in [0.3, 0.4) is 0 Å². The highest BCUT2D eigenvalue weighted by Gasteiger charge is 1.95. The molecule has 88 valence electrons. The van der Waals surface area contributed by atoms with E-state index in [-0.39, 0.29) is 0 Å². The summed E-state index contributed by atoms with van der Waals surface area (Å²) in [5.74, 6) is 0.902. The molecule has 0 amide bonds. The molecule has 0 fully saturated rings. The molecule has 17 heavy (non-hydrogen) atoms. The van der Waals surface area contributed by atoms with Crippen LogP contribution in [0.1, 0.15) is 5.56 Å². The summed E-state index contributed by atoms with van der Waals surface area (Å²) < 4.78 is 5.55. The maximum absolute atomic E-state index is 9.14. The largest absolute Gasteiger partial charge is 0.508 e. The number of phenols is 1. The van der Waals surface area contributed by atoms with E-state index in [1.165, 1.54) is 5.56 Å². The molecule has 0 spiro atoms. The molecule has 2 rings (SSSR count). The number of thioether (sulfide) groups is 1. The van der Waals surface area contributed by atoms with E-state index >= 15 is 0 Å². The van der Waals surface area contributed by atoms with Gasteiger partial charge >= 0.3 is 0 Å². The van der Waals surface area contributed by atoms with Crippen LogP contribution in [0.4, 0.5) is 0 Å². The molecule has 2 aromatic rings. The van der Waals surface area contributed by atoms with Crippen molar-refractivity contribution in [3.05, 3.63) is 60.2 Å². The average molecular weight is 246 g/mol. The van der Waals surface area contributed by atoms with Gasteiger partial charge in [-0.25, -0.2) is 0 Å². The van der Waals surface area contributed by atoms with E-state index in [4.69, 9.17) is 9.84 Å². The fourth-order valence-corrected chi connectivity index (χ4v) is 2.02. The highest BCUT2D eigenvalue weighted by Crippen LogP contribution is 2.20. The first kappa shape index (κ1) is 12.0. The first-order valence-electron chi connectivity index (χ1n) is 5.38. The Morgan fingerprint density at radius 3 is 2.35 bits per heavy atom. The predicted molar refractivity (Wildman–Crippen MR) is 70.1 cm³/mol. The molecule has 0 atom stereocenters. The van der Waals surface area contributed by atoms with Crippen molar-refractivity contribution in [2.75, 3.05) is 5.94 Å².